The van der Waals surface area contributed by atoms with E-state index in [4.69, 9.17) is 14.7 Å². The molecule has 0 radical (unpaired) electrons. The van der Waals surface area contributed by atoms with Crippen LogP contribution in [0.15, 0.2) is 61.1 Å². The first-order valence-electron chi connectivity index (χ1n) is 15.3. The van der Waals surface area contributed by atoms with Gasteiger partial charge in [-0.15, -0.1) is 0 Å². The summed E-state index contributed by atoms with van der Waals surface area (Å²) in [6.07, 6.45) is 4.41. The number of nitrogens with one attached hydrogen (secondary N) is 2. The summed E-state index contributed by atoms with van der Waals surface area (Å²) >= 11 is 0. The van der Waals surface area contributed by atoms with Gasteiger partial charge >= 0.3 is 6.01 Å². The van der Waals surface area contributed by atoms with Gasteiger partial charge in [-0.2, -0.15) is 19.6 Å². The number of carbonyl (C=O) groups excluding carboxylic acids is 1. The number of carbonyl (C=O) groups is 1. The Kier molecular flexibility index (Phi) is 8.11. The summed E-state index contributed by atoms with van der Waals surface area (Å²) in [5, 5.41) is 11.7. The van der Waals surface area contributed by atoms with E-state index in [1.165, 1.54) is 10.5 Å². The lowest BCUT2D eigenvalue weighted by molar-refractivity contribution is -0.129. The van der Waals surface area contributed by atoms with Crippen LogP contribution in [0.1, 0.15) is 68.7 Å². The molecule has 9 nitrogen and oxygen atoms in total. The molecule has 0 spiro atoms. The Morgan fingerprint density at radius 1 is 1.18 bits per heavy atom. The SMILES string of the molecule is C=C(F)C(=O)N1CCc2c(cccc2-c2ccccc2CNc2nc(OC3CCC(C)(C)NC3)nc3c(C(C)C)cnn23)C1. The first-order valence-corrected chi connectivity index (χ1v) is 15.3. The van der Waals surface area contributed by atoms with Gasteiger partial charge in [0.15, 0.2) is 11.5 Å². The van der Waals surface area contributed by atoms with Crippen LogP contribution < -0.4 is 15.4 Å². The van der Waals surface area contributed by atoms with Crippen molar-refractivity contribution < 1.29 is 13.9 Å². The molecule has 2 aliphatic heterocycles. The first-order chi connectivity index (χ1) is 21.1. The molecule has 1 unspecified atom stereocenters. The Morgan fingerprint density at radius 2 is 1.98 bits per heavy atom. The highest BCUT2D eigenvalue weighted by molar-refractivity contribution is 5.91. The molecule has 230 valence electrons. The minimum atomic E-state index is -0.925. The summed E-state index contributed by atoms with van der Waals surface area (Å²) in [7, 11) is 0. The van der Waals surface area contributed by atoms with Crippen LogP contribution in [0.4, 0.5) is 10.3 Å². The van der Waals surface area contributed by atoms with Gasteiger partial charge in [0.2, 0.25) is 5.95 Å². The number of hydrogen-bond acceptors (Lipinski definition) is 7. The topological polar surface area (TPSA) is 96.7 Å². The molecule has 2 aromatic heterocycles. The molecule has 2 aliphatic rings. The van der Waals surface area contributed by atoms with Gasteiger partial charge < -0.3 is 20.3 Å². The van der Waals surface area contributed by atoms with E-state index in [1.54, 1.807) is 4.52 Å². The van der Waals surface area contributed by atoms with Crippen LogP contribution in [-0.4, -0.2) is 55.1 Å². The van der Waals surface area contributed by atoms with E-state index in [1.807, 2.05) is 30.5 Å². The van der Waals surface area contributed by atoms with Crippen LogP contribution in [-0.2, 0) is 24.3 Å². The van der Waals surface area contributed by atoms with Gasteiger partial charge in [-0.05, 0) is 66.8 Å². The maximum Gasteiger partial charge on any atom is 0.322 e. The zero-order valence-corrected chi connectivity index (χ0v) is 25.9. The normalized spacial score (nSPS) is 17.9. The van der Waals surface area contributed by atoms with Crippen molar-refractivity contribution in [1.82, 2.24) is 29.8 Å². The molecule has 1 saturated heterocycles. The van der Waals surface area contributed by atoms with Crippen molar-refractivity contribution in [2.45, 2.75) is 77.6 Å². The van der Waals surface area contributed by atoms with Crippen LogP contribution in [0.5, 0.6) is 6.01 Å². The van der Waals surface area contributed by atoms with Crippen molar-refractivity contribution in [1.29, 1.82) is 0 Å². The predicted molar refractivity (Wildman–Crippen MR) is 169 cm³/mol. The third kappa shape index (κ3) is 6.04. The molecule has 4 heterocycles. The van der Waals surface area contributed by atoms with Crippen molar-refractivity contribution in [3.8, 4) is 17.1 Å². The zero-order valence-electron chi connectivity index (χ0n) is 25.9. The highest BCUT2D eigenvalue weighted by atomic mass is 19.1. The number of benzene rings is 2. The minimum absolute atomic E-state index is 0.0112. The molecule has 2 N–H and O–H groups in total. The van der Waals surface area contributed by atoms with E-state index < -0.39 is 11.7 Å². The minimum Gasteiger partial charge on any atom is -0.459 e. The van der Waals surface area contributed by atoms with Crippen LogP contribution in [0, 0.1) is 0 Å². The maximum absolute atomic E-state index is 13.6. The van der Waals surface area contributed by atoms with Gasteiger partial charge in [-0.25, -0.2) is 4.39 Å². The second kappa shape index (κ2) is 12.0. The molecule has 6 rings (SSSR count). The highest BCUT2D eigenvalue weighted by Gasteiger charge is 2.29. The second-order valence-corrected chi connectivity index (χ2v) is 12.7. The molecule has 0 bridgehead atoms. The average Bonchev–Trinajstić information content (AvgIpc) is 3.45. The van der Waals surface area contributed by atoms with Gasteiger partial charge in [0, 0.05) is 37.3 Å². The molecule has 10 heteroatoms. The van der Waals surface area contributed by atoms with Crippen LogP contribution in [0.2, 0.25) is 0 Å². The molecule has 0 aliphatic carbocycles. The molecule has 1 fully saturated rings. The maximum atomic E-state index is 13.6. The van der Waals surface area contributed by atoms with E-state index in [0.29, 0.717) is 38.0 Å². The van der Waals surface area contributed by atoms with Crippen LogP contribution in [0.3, 0.4) is 0 Å². The lowest BCUT2D eigenvalue weighted by Gasteiger charge is -2.35. The number of halogens is 1. The number of piperidine rings is 1. The van der Waals surface area contributed by atoms with Crippen molar-refractivity contribution in [2.24, 2.45) is 0 Å². The number of aromatic nitrogens is 4. The Balaban J connectivity index is 1.28. The van der Waals surface area contributed by atoms with Gasteiger partial charge in [0.25, 0.3) is 5.91 Å². The van der Waals surface area contributed by atoms with Gasteiger partial charge in [0.1, 0.15) is 6.10 Å². The van der Waals surface area contributed by atoms with Crippen molar-refractivity contribution >= 4 is 17.5 Å². The van der Waals surface area contributed by atoms with Crippen molar-refractivity contribution in [3.63, 3.8) is 0 Å². The van der Waals surface area contributed by atoms with Crippen molar-refractivity contribution in [3.05, 3.63) is 83.3 Å². The van der Waals surface area contributed by atoms with Crippen molar-refractivity contribution in [2.75, 3.05) is 18.4 Å². The standard InChI is InChI=1S/C34H40FN7O2/c1-21(2)29-19-38-42-30(29)39-33(44-25-13-15-34(4,5)37-18-25)40-32(42)36-17-23-9-6-7-11-26(23)28-12-8-10-24-20-41(16-14-27(24)28)31(43)22(3)35/h6-12,19,21,25,37H,3,13-18,20H2,1-2,4-5H3,(H,36,39,40). The Bertz CT molecular complexity index is 1700. The molecule has 0 saturated carbocycles. The fraction of sp³-hybridized carbons (Fsp3) is 0.412. The summed E-state index contributed by atoms with van der Waals surface area (Å²) in [5.41, 5.74) is 7.33. The molecule has 1 amide bonds. The molecular weight excluding hydrogens is 557 g/mol. The summed E-state index contributed by atoms with van der Waals surface area (Å²) in [4.78, 5) is 23.3. The second-order valence-electron chi connectivity index (χ2n) is 12.7. The molecular formula is C34H40FN7O2. The monoisotopic (exact) mass is 597 g/mol. The lowest BCUT2D eigenvalue weighted by atomic mass is 9.88. The Hall–Kier alpha value is -4.31. The van der Waals surface area contributed by atoms with E-state index in [9.17, 15) is 9.18 Å². The zero-order chi connectivity index (χ0) is 31.0. The molecule has 1 atom stereocenters. The average molecular weight is 598 g/mol. The summed E-state index contributed by atoms with van der Waals surface area (Å²) < 4.78 is 21.6. The van der Waals surface area contributed by atoms with Gasteiger partial charge in [0.05, 0.1) is 6.20 Å². The quantitative estimate of drug-likeness (QED) is 0.248. The molecule has 44 heavy (non-hydrogen) atoms. The van der Waals surface area contributed by atoms with E-state index in [0.717, 1.165) is 52.9 Å². The van der Waals surface area contributed by atoms with Crippen LogP contribution in [0.25, 0.3) is 16.8 Å². The fourth-order valence-electron chi connectivity index (χ4n) is 6.12. The van der Waals surface area contributed by atoms with Gasteiger partial charge in [-0.1, -0.05) is 62.9 Å². The summed E-state index contributed by atoms with van der Waals surface area (Å²) in [6.45, 7) is 13.9. The molecule has 4 aromatic rings. The Morgan fingerprint density at radius 3 is 2.73 bits per heavy atom. The predicted octanol–water partition coefficient (Wildman–Crippen LogP) is 5.80. The number of rotatable bonds is 8. The summed E-state index contributed by atoms with van der Waals surface area (Å²) in [6, 6.07) is 14.7. The highest BCUT2D eigenvalue weighted by Crippen LogP contribution is 2.33. The number of nitrogens with zero attached hydrogens (tertiary/aromatic N) is 5. The number of hydrogen-bond donors (Lipinski definition) is 2. The third-order valence-electron chi connectivity index (χ3n) is 8.70. The van der Waals surface area contributed by atoms with Gasteiger partial charge in [-0.3, -0.25) is 4.79 Å². The number of anilines is 1. The number of ether oxygens (including phenoxy) is 1. The lowest BCUT2D eigenvalue weighted by Crippen LogP contribution is -2.50. The largest absolute Gasteiger partial charge is 0.459 e. The first kappa shape index (κ1) is 29.7. The number of amides is 1. The molecule has 2 aromatic carbocycles. The third-order valence-corrected chi connectivity index (χ3v) is 8.70. The summed E-state index contributed by atoms with van der Waals surface area (Å²) in [5.74, 6) is -0.774. The number of fused-ring (bicyclic) bond motifs is 2. The van der Waals surface area contributed by atoms with E-state index in [-0.39, 0.29) is 17.6 Å². The fourth-order valence-corrected chi connectivity index (χ4v) is 6.12. The van der Waals surface area contributed by atoms with Crippen LogP contribution >= 0.6 is 0 Å². The Labute approximate surface area is 257 Å². The van der Waals surface area contributed by atoms with E-state index in [2.05, 4.69) is 68.2 Å². The van der Waals surface area contributed by atoms with E-state index >= 15 is 0 Å². The smallest absolute Gasteiger partial charge is 0.322 e.